The molecule has 0 amide bonds. The van der Waals surface area contributed by atoms with Crippen LogP contribution in [0, 0.1) is 5.82 Å². The van der Waals surface area contributed by atoms with Crippen LogP contribution in [0.2, 0.25) is 0 Å². The summed E-state index contributed by atoms with van der Waals surface area (Å²) < 4.78 is 46.8. The summed E-state index contributed by atoms with van der Waals surface area (Å²) in [5.74, 6) is 0.302. The first kappa shape index (κ1) is 16.9. The number of benzene rings is 2. The van der Waals surface area contributed by atoms with E-state index in [0.29, 0.717) is 25.2 Å². The summed E-state index contributed by atoms with van der Waals surface area (Å²) in [6.07, 6.45) is 2.34. The lowest BCUT2D eigenvalue weighted by molar-refractivity contribution is 0.224. The summed E-state index contributed by atoms with van der Waals surface area (Å²) in [6, 6.07) is 12.4. The minimum absolute atomic E-state index is 0.194. The molecule has 0 aliphatic heterocycles. The van der Waals surface area contributed by atoms with Crippen LogP contribution >= 0.6 is 0 Å². The van der Waals surface area contributed by atoms with E-state index in [-0.39, 0.29) is 10.7 Å². The van der Waals surface area contributed by atoms with Crippen LogP contribution in [0.25, 0.3) is 0 Å². The molecule has 0 radical (unpaired) electrons. The van der Waals surface area contributed by atoms with Gasteiger partial charge in [-0.15, -0.1) is 0 Å². The van der Waals surface area contributed by atoms with Crippen molar-refractivity contribution < 1.29 is 17.5 Å². The molecule has 1 fully saturated rings. The Hall–Kier alpha value is -1.92. The molecule has 1 N–H and O–H groups in total. The molecule has 0 spiro atoms. The lowest BCUT2D eigenvalue weighted by atomic mass is 9.73. The van der Waals surface area contributed by atoms with Crippen molar-refractivity contribution in [3.05, 3.63) is 59.9 Å². The molecule has 2 aromatic rings. The average Bonchev–Trinajstić information content (AvgIpc) is 2.53. The Morgan fingerprint density at radius 2 is 1.71 bits per heavy atom. The van der Waals surface area contributed by atoms with E-state index in [9.17, 15) is 12.8 Å². The molecule has 0 bridgehead atoms. The van der Waals surface area contributed by atoms with E-state index in [0.717, 1.165) is 12.0 Å². The van der Waals surface area contributed by atoms with Crippen LogP contribution in [0.4, 0.5) is 4.39 Å². The van der Waals surface area contributed by atoms with E-state index in [1.165, 1.54) is 24.3 Å². The van der Waals surface area contributed by atoms with Gasteiger partial charge in [-0.3, -0.25) is 0 Å². The monoisotopic (exact) mass is 349 g/mol. The van der Waals surface area contributed by atoms with Gasteiger partial charge in [0, 0.05) is 0 Å². The molecule has 1 saturated carbocycles. The third-order valence-electron chi connectivity index (χ3n) is 4.38. The van der Waals surface area contributed by atoms with E-state index >= 15 is 0 Å². The number of halogens is 1. The number of rotatable bonds is 6. The molecular formula is C18H20FNO3S. The Bertz CT molecular complexity index is 797. The maximum absolute atomic E-state index is 13.1. The van der Waals surface area contributed by atoms with Gasteiger partial charge in [0.05, 0.1) is 17.0 Å². The molecule has 0 aromatic heterocycles. The van der Waals surface area contributed by atoms with Crippen LogP contribution in [0.3, 0.4) is 0 Å². The Labute approximate surface area is 141 Å². The van der Waals surface area contributed by atoms with Crippen molar-refractivity contribution in [3.8, 4) is 5.75 Å². The van der Waals surface area contributed by atoms with Crippen molar-refractivity contribution in [1.29, 1.82) is 0 Å². The molecule has 1 aliphatic carbocycles. The van der Waals surface area contributed by atoms with E-state index in [1.807, 2.05) is 6.92 Å². The van der Waals surface area contributed by atoms with Crippen LogP contribution in [0.1, 0.15) is 31.7 Å². The average molecular weight is 349 g/mol. The molecule has 0 unspecified atom stereocenters. The summed E-state index contributed by atoms with van der Waals surface area (Å²) in [6.45, 7) is 2.40. The zero-order chi connectivity index (χ0) is 17.2. The fourth-order valence-corrected chi connectivity index (χ4v) is 4.40. The fourth-order valence-electron chi connectivity index (χ4n) is 2.95. The van der Waals surface area contributed by atoms with Crippen molar-refractivity contribution in [1.82, 2.24) is 4.72 Å². The summed E-state index contributed by atoms with van der Waals surface area (Å²) in [7, 11) is -3.67. The first-order valence-electron chi connectivity index (χ1n) is 7.98. The van der Waals surface area contributed by atoms with Crippen molar-refractivity contribution in [2.75, 3.05) is 6.61 Å². The quantitative estimate of drug-likeness (QED) is 0.867. The van der Waals surface area contributed by atoms with Gasteiger partial charge in [0.15, 0.2) is 0 Å². The summed E-state index contributed by atoms with van der Waals surface area (Å²) >= 11 is 0. The zero-order valence-electron chi connectivity index (χ0n) is 13.5. The number of nitrogens with one attached hydrogen (secondary N) is 1. The van der Waals surface area contributed by atoms with E-state index in [2.05, 4.69) is 4.72 Å². The van der Waals surface area contributed by atoms with Gasteiger partial charge in [-0.2, -0.15) is 0 Å². The second kappa shape index (κ2) is 6.53. The van der Waals surface area contributed by atoms with Gasteiger partial charge in [0.2, 0.25) is 10.0 Å². The maximum atomic E-state index is 13.1. The van der Waals surface area contributed by atoms with Crippen LogP contribution in [-0.2, 0) is 15.6 Å². The number of hydrogen-bond donors (Lipinski definition) is 1. The lowest BCUT2D eigenvalue weighted by Crippen LogP contribution is -2.50. The van der Waals surface area contributed by atoms with E-state index in [1.54, 1.807) is 24.3 Å². The SMILES string of the molecule is CCOc1ccc(S(=O)(=O)NC2(c3ccc(F)cc3)CCC2)cc1. The van der Waals surface area contributed by atoms with Gasteiger partial charge >= 0.3 is 0 Å². The molecule has 128 valence electrons. The molecule has 1 aliphatic rings. The molecule has 4 nitrogen and oxygen atoms in total. The van der Waals surface area contributed by atoms with Gasteiger partial charge in [0.1, 0.15) is 11.6 Å². The minimum Gasteiger partial charge on any atom is -0.494 e. The highest BCUT2D eigenvalue weighted by molar-refractivity contribution is 7.89. The van der Waals surface area contributed by atoms with Crippen LogP contribution in [-0.4, -0.2) is 15.0 Å². The highest BCUT2D eigenvalue weighted by atomic mass is 32.2. The highest BCUT2D eigenvalue weighted by Crippen LogP contribution is 2.42. The van der Waals surface area contributed by atoms with Crippen molar-refractivity contribution in [2.45, 2.75) is 36.6 Å². The van der Waals surface area contributed by atoms with Gasteiger partial charge in [-0.25, -0.2) is 17.5 Å². The van der Waals surface area contributed by atoms with Gasteiger partial charge < -0.3 is 4.74 Å². The Kier molecular flexibility index (Phi) is 4.60. The van der Waals surface area contributed by atoms with Crippen LogP contribution in [0.15, 0.2) is 53.4 Å². The van der Waals surface area contributed by atoms with E-state index < -0.39 is 15.6 Å². The number of hydrogen-bond acceptors (Lipinski definition) is 3. The Morgan fingerprint density at radius 3 is 2.21 bits per heavy atom. The van der Waals surface area contributed by atoms with Gasteiger partial charge in [0.25, 0.3) is 0 Å². The smallest absolute Gasteiger partial charge is 0.241 e. The van der Waals surface area contributed by atoms with Gasteiger partial charge in [-0.05, 0) is 68.1 Å². The predicted molar refractivity (Wildman–Crippen MR) is 89.9 cm³/mol. The minimum atomic E-state index is -3.67. The largest absolute Gasteiger partial charge is 0.494 e. The van der Waals surface area contributed by atoms with Crippen LogP contribution in [0.5, 0.6) is 5.75 Å². The van der Waals surface area contributed by atoms with Crippen molar-refractivity contribution >= 4 is 10.0 Å². The molecule has 0 saturated heterocycles. The predicted octanol–water partition coefficient (Wildman–Crippen LogP) is 3.58. The van der Waals surface area contributed by atoms with Crippen molar-refractivity contribution in [2.24, 2.45) is 0 Å². The molecule has 0 atom stereocenters. The summed E-state index contributed by atoms with van der Waals surface area (Å²) in [5.41, 5.74) is 0.148. The van der Waals surface area contributed by atoms with Crippen molar-refractivity contribution in [3.63, 3.8) is 0 Å². The summed E-state index contributed by atoms with van der Waals surface area (Å²) in [5, 5.41) is 0. The zero-order valence-corrected chi connectivity index (χ0v) is 14.3. The lowest BCUT2D eigenvalue weighted by Gasteiger charge is -2.42. The number of sulfonamides is 1. The first-order chi connectivity index (χ1) is 11.5. The van der Waals surface area contributed by atoms with E-state index in [4.69, 9.17) is 4.74 Å². The third-order valence-corrected chi connectivity index (χ3v) is 5.93. The molecule has 6 heteroatoms. The number of ether oxygens (including phenoxy) is 1. The second-order valence-corrected chi connectivity index (χ2v) is 7.63. The second-order valence-electron chi connectivity index (χ2n) is 5.95. The summed E-state index contributed by atoms with van der Waals surface area (Å²) in [4.78, 5) is 0.194. The topological polar surface area (TPSA) is 55.4 Å². The first-order valence-corrected chi connectivity index (χ1v) is 9.46. The molecule has 0 heterocycles. The van der Waals surface area contributed by atoms with Gasteiger partial charge in [-0.1, -0.05) is 12.1 Å². The normalized spacial score (nSPS) is 16.4. The maximum Gasteiger partial charge on any atom is 0.241 e. The molecule has 3 rings (SSSR count). The third kappa shape index (κ3) is 3.30. The Morgan fingerprint density at radius 1 is 1.08 bits per heavy atom. The Balaban J connectivity index is 1.85. The fraction of sp³-hybridized carbons (Fsp3) is 0.333. The molecule has 2 aromatic carbocycles. The highest BCUT2D eigenvalue weighted by Gasteiger charge is 2.42. The molecule has 24 heavy (non-hydrogen) atoms. The van der Waals surface area contributed by atoms with Crippen LogP contribution < -0.4 is 9.46 Å². The standard InChI is InChI=1S/C18H20FNO3S/c1-2-23-16-8-10-17(11-9-16)24(21,22)20-18(12-3-13-18)14-4-6-15(19)7-5-14/h4-11,20H,2-3,12-13H2,1H3. The molecular weight excluding hydrogens is 329 g/mol.